The van der Waals surface area contributed by atoms with Crippen LogP contribution in [0.5, 0.6) is 0 Å². The molecule has 2 rings (SSSR count). The topological polar surface area (TPSA) is 28.2 Å². The molecule has 1 heterocycles. The molecule has 18 heavy (non-hydrogen) atoms. The van der Waals surface area contributed by atoms with Crippen molar-refractivity contribution in [2.24, 2.45) is 0 Å². The van der Waals surface area contributed by atoms with Gasteiger partial charge in [0.15, 0.2) is 0 Å². The second kappa shape index (κ2) is 6.77. The molecule has 0 atom stereocenters. The largest absolute Gasteiger partial charge is 0.384 e. The average Bonchev–Trinajstić information content (AvgIpc) is 2.41. The van der Waals surface area contributed by atoms with E-state index in [0.29, 0.717) is 0 Å². The van der Waals surface area contributed by atoms with E-state index in [1.165, 1.54) is 11.3 Å². The summed E-state index contributed by atoms with van der Waals surface area (Å²) in [6.45, 7) is 2.92. The molecule has 0 unspecified atom stereocenters. The van der Waals surface area contributed by atoms with Gasteiger partial charge in [0, 0.05) is 37.7 Å². The van der Waals surface area contributed by atoms with Crippen LogP contribution in [0.4, 0.5) is 5.69 Å². The average molecular weight is 241 g/mol. The number of aromatic nitrogens is 1. The fraction of sp³-hybridized carbons (Fsp3) is 0.267. The van der Waals surface area contributed by atoms with Gasteiger partial charge in [-0.3, -0.25) is 4.98 Å². The molecule has 0 radical (unpaired) electrons. The van der Waals surface area contributed by atoms with Crippen LogP contribution in [0.1, 0.15) is 5.56 Å². The van der Waals surface area contributed by atoms with Gasteiger partial charge in [0.05, 0.1) is 0 Å². The summed E-state index contributed by atoms with van der Waals surface area (Å²) in [6.07, 6.45) is 3.68. The lowest BCUT2D eigenvalue weighted by atomic mass is 10.2. The van der Waals surface area contributed by atoms with Gasteiger partial charge in [-0.2, -0.15) is 0 Å². The molecule has 0 amide bonds. The van der Waals surface area contributed by atoms with Gasteiger partial charge in [0.25, 0.3) is 0 Å². The molecule has 3 heteroatoms. The van der Waals surface area contributed by atoms with E-state index in [1.807, 2.05) is 30.6 Å². The fourth-order valence-corrected chi connectivity index (χ4v) is 1.83. The van der Waals surface area contributed by atoms with E-state index in [9.17, 15) is 0 Å². The first kappa shape index (κ1) is 12.6. The van der Waals surface area contributed by atoms with Crippen LogP contribution < -0.4 is 5.32 Å². The van der Waals surface area contributed by atoms with Crippen molar-refractivity contribution in [3.05, 3.63) is 60.4 Å². The lowest BCUT2D eigenvalue weighted by Gasteiger charge is -2.17. The number of nitrogens with zero attached hydrogens (tertiary/aromatic N) is 2. The highest BCUT2D eigenvalue weighted by Gasteiger charge is 1.99. The van der Waals surface area contributed by atoms with Crippen molar-refractivity contribution in [1.29, 1.82) is 0 Å². The normalized spacial score (nSPS) is 10.6. The van der Waals surface area contributed by atoms with Crippen molar-refractivity contribution in [1.82, 2.24) is 9.88 Å². The highest BCUT2D eigenvalue weighted by molar-refractivity contribution is 5.42. The molecule has 0 aliphatic rings. The van der Waals surface area contributed by atoms with Crippen molar-refractivity contribution in [3.63, 3.8) is 0 Å². The highest BCUT2D eigenvalue weighted by Crippen LogP contribution is 2.05. The molecule has 1 N–H and O–H groups in total. The van der Waals surface area contributed by atoms with Crippen LogP contribution in [0, 0.1) is 0 Å². The number of likely N-dealkylation sites (N-methyl/N-ethyl adjacent to an activating group) is 1. The van der Waals surface area contributed by atoms with Gasteiger partial charge in [-0.1, -0.05) is 18.2 Å². The summed E-state index contributed by atoms with van der Waals surface area (Å²) in [4.78, 5) is 6.32. The number of nitrogens with one attached hydrogen (secondary N) is 1. The predicted molar refractivity (Wildman–Crippen MR) is 75.5 cm³/mol. The summed E-state index contributed by atoms with van der Waals surface area (Å²) in [7, 11) is 2.13. The van der Waals surface area contributed by atoms with E-state index in [-0.39, 0.29) is 0 Å². The van der Waals surface area contributed by atoms with Crippen LogP contribution in [0.2, 0.25) is 0 Å². The Labute approximate surface area is 108 Å². The zero-order valence-corrected chi connectivity index (χ0v) is 10.7. The first-order valence-corrected chi connectivity index (χ1v) is 6.21. The summed E-state index contributed by atoms with van der Waals surface area (Å²) < 4.78 is 0. The van der Waals surface area contributed by atoms with Crippen LogP contribution in [0.3, 0.4) is 0 Å². The zero-order valence-electron chi connectivity index (χ0n) is 10.7. The molecular weight excluding hydrogens is 222 g/mol. The van der Waals surface area contributed by atoms with Gasteiger partial charge in [-0.25, -0.2) is 0 Å². The van der Waals surface area contributed by atoms with Gasteiger partial charge < -0.3 is 10.2 Å². The Morgan fingerprint density at radius 1 is 1.06 bits per heavy atom. The number of anilines is 1. The van der Waals surface area contributed by atoms with Crippen molar-refractivity contribution < 1.29 is 0 Å². The zero-order chi connectivity index (χ0) is 12.6. The number of pyridine rings is 1. The smallest absolute Gasteiger partial charge is 0.0340 e. The molecule has 3 nitrogen and oxygen atoms in total. The Kier molecular flexibility index (Phi) is 4.73. The molecule has 0 aliphatic heterocycles. The van der Waals surface area contributed by atoms with E-state index >= 15 is 0 Å². The fourth-order valence-electron chi connectivity index (χ4n) is 1.83. The summed E-state index contributed by atoms with van der Waals surface area (Å²) in [5.41, 5.74) is 2.47. The summed E-state index contributed by atoms with van der Waals surface area (Å²) in [6, 6.07) is 14.4. The van der Waals surface area contributed by atoms with Crippen LogP contribution in [-0.4, -0.2) is 30.0 Å². The standard InChI is InChI=1S/C15H19N3/c1-18(13-14-7-9-16-10-8-14)12-11-17-15-5-3-2-4-6-15/h2-10,17H,11-13H2,1H3. The maximum absolute atomic E-state index is 4.02. The summed E-state index contributed by atoms with van der Waals surface area (Å²) >= 11 is 0. The monoisotopic (exact) mass is 241 g/mol. The predicted octanol–water partition coefficient (Wildman–Crippen LogP) is 2.63. The van der Waals surface area contributed by atoms with E-state index in [0.717, 1.165) is 19.6 Å². The number of hydrogen-bond acceptors (Lipinski definition) is 3. The molecule has 0 aliphatic carbocycles. The molecule has 0 bridgehead atoms. The molecular formula is C15H19N3. The molecule has 0 spiro atoms. The van der Waals surface area contributed by atoms with Gasteiger partial charge in [-0.05, 0) is 36.9 Å². The van der Waals surface area contributed by atoms with Gasteiger partial charge in [-0.15, -0.1) is 0 Å². The first-order chi connectivity index (χ1) is 8.84. The minimum atomic E-state index is 0.950. The maximum atomic E-state index is 4.02. The second-order valence-electron chi connectivity index (χ2n) is 4.39. The number of hydrogen-bond donors (Lipinski definition) is 1. The van der Waals surface area contributed by atoms with E-state index in [1.54, 1.807) is 0 Å². The molecule has 0 saturated heterocycles. The van der Waals surface area contributed by atoms with Crippen molar-refractivity contribution in [3.8, 4) is 0 Å². The lowest BCUT2D eigenvalue weighted by Crippen LogP contribution is -2.24. The molecule has 94 valence electrons. The summed E-state index contributed by atoms with van der Waals surface area (Å²) in [5.74, 6) is 0. The lowest BCUT2D eigenvalue weighted by molar-refractivity contribution is 0.340. The van der Waals surface area contributed by atoms with Gasteiger partial charge in [0.2, 0.25) is 0 Å². The molecule has 1 aromatic carbocycles. The third kappa shape index (κ3) is 4.18. The second-order valence-corrected chi connectivity index (χ2v) is 4.39. The Morgan fingerprint density at radius 2 is 1.78 bits per heavy atom. The SMILES string of the molecule is CN(CCNc1ccccc1)Cc1ccncc1. The molecule has 1 aromatic heterocycles. The number of benzene rings is 1. The Hall–Kier alpha value is -1.87. The van der Waals surface area contributed by atoms with Crippen LogP contribution in [-0.2, 0) is 6.54 Å². The Morgan fingerprint density at radius 3 is 2.50 bits per heavy atom. The first-order valence-electron chi connectivity index (χ1n) is 6.21. The van der Waals surface area contributed by atoms with Gasteiger partial charge >= 0.3 is 0 Å². The van der Waals surface area contributed by atoms with Gasteiger partial charge in [0.1, 0.15) is 0 Å². The summed E-state index contributed by atoms with van der Waals surface area (Å²) in [5, 5.41) is 3.41. The van der Waals surface area contributed by atoms with Crippen LogP contribution >= 0.6 is 0 Å². The van der Waals surface area contributed by atoms with E-state index in [4.69, 9.17) is 0 Å². The van der Waals surface area contributed by atoms with E-state index < -0.39 is 0 Å². The third-order valence-electron chi connectivity index (χ3n) is 2.80. The highest BCUT2D eigenvalue weighted by atomic mass is 15.1. The number of para-hydroxylation sites is 1. The maximum Gasteiger partial charge on any atom is 0.0340 e. The van der Waals surface area contributed by atoms with Crippen molar-refractivity contribution >= 4 is 5.69 Å². The van der Waals surface area contributed by atoms with E-state index in [2.05, 4.69) is 46.5 Å². The Balaban J connectivity index is 1.71. The Bertz CT molecular complexity index is 442. The molecule has 0 fully saturated rings. The van der Waals surface area contributed by atoms with Crippen LogP contribution in [0.15, 0.2) is 54.9 Å². The minimum absolute atomic E-state index is 0.950. The number of rotatable bonds is 6. The molecule has 0 saturated carbocycles. The minimum Gasteiger partial charge on any atom is -0.384 e. The van der Waals surface area contributed by atoms with Crippen molar-refractivity contribution in [2.75, 3.05) is 25.5 Å². The quantitative estimate of drug-likeness (QED) is 0.842. The van der Waals surface area contributed by atoms with Crippen LogP contribution in [0.25, 0.3) is 0 Å². The molecule has 2 aromatic rings. The third-order valence-corrected chi connectivity index (χ3v) is 2.80. The van der Waals surface area contributed by atoms with Crippen molar-refractivity contribution in [2.45, 2.75) is 6.54 Å².